The molecule has 0 bridgehead atoms. The van der Waals surface area contributed by atoms with E-state index < -0.39 is 11.5 Å². The molecule has 1 fully saturated rings. The van der Waals surface area contributed by atoms with Gasteiger partial charge in [-0.1, -0.05) is 12.1 Å². The molecule has 88 valence electrons. The number of hydrogen-bond acceptors (Lipinski definition) is 2. The maximum absolute atomic E-state index is 13.0. The predicted octanol–water partition coefficient (Wildman–Crippen LogP) is 2.54. The van der Waals surface area contributed by atoms with E-state index in [0.29, 0.717) is 5.75 Å². The van der Waals surface area contributed by atoms with E-state index in [9.17, 15) is 8.78 Å². The lowest BCUT2D eigenvalue weighted by Gasteiger charge is -2.47. The van der Waals surface area contributed by atoms with Crippen LogP contribution in [0.5, 0.6) is 5.75 Å². The molecule has 4 heteroatoms. The maximum Gasteiger partial charge on any atom is 0.252 e. The second-order valence-electron chi connectivity index (χ2n) is 4.27. The van der Waals surface area contributed by atoms with E-state index in [4.69, 9.17) is 4.74 Å². The summed E-state index contributed by atoms with van der Waals surface area (Å²) in [6.07, 6.45) is -0.298. The monoisotopic (exact) mass is 227 g/mol. The van der Waals surface area contributed by atoms with Crippen molar-refractivity contribution in [3.8, 4) is 5.75 Å². The lowest BCUT2D eigenvalue weighted by molar-refractivity contribution is -0.135. The summed E-state index contributed by atoms with van der Waals surface area (Å²) in [7, 11) is 3.29. The van der Waals surface area contributed by atoms with Gasteiger partial charge in [-0.05, 0) is 24.7 Å². The summed E-state index contributed by atoms with van der Waals surface area (Å²) in [6.45, 7) is 0. The first-order valence-corrected chi connectivity index (χ1v) is 5.23. The predicted molar refractivity (Wildman–Crippen MR) is 57.9 cm³/mol. The van der Waals surface area contributed by atoms with Crippen molar-refractivity contribution >= 4 is 0 Å². The zero-order chi connectivity index (χ0) is 11.8. The Morgan fingerprint density at radius 1 is 1.31 bits per heavy atom. The van der Waals surface area contributed by atoms with Crippen molar-refractivity contribution in [3.05, 3.63) is 29.8 Å². The fraction of sp³-hybridized carbons (Fsp3) is 0.500. The third kappa shape index (κ3) is 1.78. The SMILES string of the molecule is CNC1(c2cccc(OC)c2)CC(F)(F)C1. The van der Waals surface area contributed by atoms with E-state index in [1.54, 1.807) is 14.2 Å². The maximum atomic E-state index is 13.0. The van der Waals surface area contributed by atoms with Crippen LogP contribution in [0.1, 0.15) is 18.4 Å². The molecule has 1 aromatic rings. The van der Waals surface area contributed by atoms with Crippen LogP contribution in [0.15, 0.2) is 24.3 Å². The summed E-state index contributed by atoms with van der Waals surface area (Å²) in [4.78, 5) is 0. The van der Waals surface area contributed by atoms with E-state index >= 15 is 0 Å². The van der Waals surface area contributed by atoms with Crippen LogP contribution in [0.2, 0.25) is 0 Å². The van der Waals surface area contributed by atoms with Crippen molar-refractivity contribution in [3.63, 3.8) is 0 Å². The van der Waals surface area contributed by atoms with Crippen LogP contribution >= 0.6 is 0 Å². The van der Waals surface area contributed by atoms with Gasteiger partial charge in [0.05, 0.1) is 12.6 Å². The molecule has 0 aromatic heterocycles. The van der Waals surface area contributed by atoms with Gasteiger partial charge in [-0.25, -0.2) is 8.78 Å². The van der Waals surface area contributed by atoms with Gasteiger partial charge in [0, 0.05) is 12.8 Å². The lowest BCUT2D eigenvalue weighted by Crippen LogP contribution is -2.57. The molecular weight excluding hydrogens is 212 g/mol. The summed E-state index contributed by atoms with van der Waals surface area (Å²) in [5, 5.41) is 3.00. The highest BCUT2D eigenvalue weighted by atomic mass is 19.3. The molecule has 1 saturated carbocycles. The van der Waals surface area contributed by atoms with Gasteiger partial charge in [0.2, 0.25) is 0 Å². The number of nitrogens with one attached hydrogen (secondary N) is 1. The topological polar surface area (TPSA) is 21.3 Å². The first-order chi connectivity index (χ1) is 7.51. The molecule has 0 unspecified atom stereocenters. The van der Waals surface area contributed by atoms with Gasteiger partial charge in [0.1, 0.15) is 5.75 Å². The van der Waals surface area contributed by atoms with Crippen LogP contribution in [0.4, 0.5) is 8.78 Å². The number of ether oxygens (including phenoxy) is 1. The van der Waals surface area contributed by atoms with Crippen LogP contribution in [0.25, 0.3) is 0 Å². The Morgan fingerprint density at radius 3 is 2.50 bits per heavy atom. The molecule has 2 nitrogen and oxygen atoms in total. The quantitative estimate of drug-likeness (QED) is 0.856. The number of rotatable bonds is 3. The Morgan fingerprint density at radius 2 is 2.00 bits per heavy atom. The minimum absolute atomic E-state index is 0.149. The molecule has 1 aliphatic rings. The van der Waals surface area contributed by atoms with Crippen molar-refractivity contribution in [1.29, 1.82) is 0 Å². The molecule has 1 aliphatic carbocycles. The van der Waals surface area contributed by atoms with Crippen molar-refractivity contribution in [2.45, 2.75) is 24.3 Å². The number of hydrogen-bond donors (Lipinski definition) is 1. The van der Waals surface area contributed by atoms with Gasteiger partial charge in [-0.15, -0.1) is 0 Å². The van der Waals surface area contributed by atoms with Crippen LogP contribution in [0.3, 0.4) is 0 Å². The second kappa shape index (κ2) is 3.70. The van der Waals surface area contributed by atoms with Crippen LogP contribution in [0, 0.1) is 0 Å². The van der Waals surface area contributed by atoms with Gasteiger partial charge < -0.3 is 10.1 Å². The molecule has 0 spiro atoms. The van der Waals surface area contributed by atoms with E-state index in [-0.39, 0.29) is 12.8 Å². The number of methoxy groups -OCH3 is 1. The Labute approximate surface area is 93.6 Å². The first kappa shape index (κ1) is 11.3. The first-order valence-electron chi connectivity index (χ1n) is 5.23. The summed E-state index contributed by atoms with van der Waals surface area (Å²) < 4.78 is 31.1. The highest BCUT2D eigenvalue weighted by molar-refractivity contribution is 5.36. The van der Waals surface area contributed by atoms with Crippen molar-refractivity contribution in [1.82, 2.24) is 5.32 Å². The minimum atomic E-state index is -2.55. The zero-order valence-electron chi connectivity index (χ0n) is 9.39. The molecule has 16 heavy (non-hydrogen) atoms. The molecule has 2 rings (SSSR count). The minimum Gasteiger partial charge on any atom is -0.497 e. The fourth-order valence-electron chi connectivity index (χ4n) is 2.28. The smallest absolute Gasteiger partial charge is 0.252 e. The average Bonchev–Trinajstić information content (AvgIpc) is 2.25. The second-order valence-corrected chi connectivity index (χ2v) is 4.27. The van der Waals surface area contributed by atoms with Crippen LogP contribution < -0.4 is 10.1 Å². The Kier molecular flexibility index (Phi) is 2.62. The molecule has 1 aromatic carbocycles. The molecule has 0 saturated heterocycles. The fourth-order valence-corrected chi connectivity index (χ4v) is 2.28. The molecule has 0 amide bonds. The van der Waals surface area contributed by atoms with Gasteiger partial charge in [-0.3, -0.25) is 0 Å². The summed E-state index contributed by atoms with van der Waals surface area (Å²) in [6, 6.07) is 7.30. The molecule has 0 atom stereocenters. The zero-order valence-corrected chi connectivity index (χ0v) is 9.39. The molecular formula is C12H15F2NO. The van der Waals surface area contributed by atoms with Crippen LogP contribution in [-0.2, 0) is 5.54 Å². The van der Waals surface area contributed by atoms with Gasteiger partial charge in [-0.2, -0.15) is 0 Å². The third-order valence-electron chi connectivity index (χ3n) is 3.22. The van der Waals surface area contributed by atoms with E-state index in [1.165, 1.54) is 0 Å². The van der Waals surface area contributed by atoms with Crippen molar-refractivity contribution in [2.75, 3.05) is 14.2 Å². The Hall–Kier alpha value is -1.16. The number of halogens is 2. The van der Waals surface area contributed by atoms with Crippen molar-refractivity contribution in [2.24, 2.45) is 0 Å². The molecule has 0 aliphatic heterocycles. The highest BCUT2D eigenvalue weighted by Gasteiger charge is 2.56. The Bertz CT molecular complexity index is 384. The molecule has 0 heterocycles. The van der Waals surface area contributed by atoms with Gasteiger partial charge in [0.15, 0.2) is 0 Å². The van der Waals surface area contributed by atoms with E-state index in [0.717, 1.165) is 5.56 Å². The van der Waals surface area contributed by atoms with E-state index in [2.05, 4.69) is 5.32 Å². The number of alkyl halides is 2. The standard InChI is InChI=1S/C12H15F2NO/c1-15-11(7-12(13,14)8-11)9-4-3-5-10(6-9)16-2/h3-6,15H,7-8H2,1-2H3. The molecule has 0 radical (unpaired) electrons. The molecule has 1 N–H and O–H groups in total. The van der Waals surface area contributed by atoms with Crippen molar-refractivity contribution < 1.29 is 13.5 Å². The Balaban J connectivity index is 2.28. The van der Waals surface area contributed by atoms with Gasteiger partial charge >= 0.3 is 0 Å². The van der Waals surface area contributed by atoms with Crippen LogP contribution in [-0.4, -0.2) is 20.1 Å². The summed E-state index contributed by atoms with van der Waals surface area (Å²) in [5.74, 6) is -1.85. The van der Waals surface area contributed by atoms with Gasteiger partial charge in [0.25, 0.3) is 5.92 Å². The lowest BCUT2D eigenvalue weighted by atomic mass is 9.69. The number of benzene rings is 1. The third-order valence-corrected chi connectivity index (χ3v) is 3.22. The summed E-state index contributed by atoms with van der Waals surface area (Å²) >= 11 is 0. The normalized spacial score (nSPS) is 21.2. The van der Waals surface area contributed by atoms with E-state index in [1.807, 2.05) is 24.3 Å². The highest BCUT2D eigenvalue weighted by Crippen LogP contribution is 2.51. The largest absolute Gasteiger partial charge is 0.497 e. The average molecular weight is 227 g/mol. The summed E-state index contributed by atoms with van der Waals surface area (Å²) in [5.41, 5.74) is 0.262.